The lowest BCUT2D eigenvalue weighted by Crippen LogP contribution is -2.13. The summed E-state index contributed by atoms with van der Waals surface area (Å²) in [4.78, 5) is 0. The first-order chi connectivity index (χ1) is 6.85. The molecule has 1 atom stereocenters. The van der Waals surface area contributed by atoms with Gasteiger partial charge in [-0.25, -0.2) is 0 Å². The van der Waals surface area contributed by atoms with Gasteiger partial charge in [-0.2, -0.15) is 0 Å². The molecule has 0 aliphatic rings. The van der Waals surface area contributed by atoms with E-state index in [2.05, 4.69) is 29.5 Å². The number of hydrogen-bond acceptors (Lipinski definition) is 2. The first kappa shape index (κ1) is 14.6. The van der Waals surface area contributed by atoms with Crippen molar-refractivity contribution >= 4 is 22.6 Å². The highest BCUT2D eigenvalue weighted by atomic mass is 127. The van der Waals surface area contributed by atoms with E-state index >= 15 is 0 Å². The van der Waals surface area contributed by atoms with Crippen LogP contribution in [0.1, 0.15) is 45.4 Å². The van der Waals surface area contributed by atoms with Crippen LogP contribution in [0.4, 0.5) is 0 Å². The van der Waals surface area contributed by atoms with Crippen molar-refractivity contribution in [3.05, 3.63) is 0 Å². The molecule has 0 rings (SSSR count). The molecule has 0 heterocycles. The second-order valence-electron chi connectivity index (χ2n) is 3.50. The maximum Gasteiger partial charge on any atom is 0.146 e. The van der Waals surface area contributed by atoms with Crippen molar-refractivity contribution in [3.63, 3.8) is 0 Å². The van der Waals surface area contributed by atoms with Gasteiger partial charge in [0.2, 0.25) is 0 Å². The van der Waals surface area contributed by atoms with Crippen LogP contribution in [0.3, 0.4) is 0 Å². The molecule has 86 valence electrons. The molecule has 0 fully saturated rings. The van der Waals surface area contributed by atoms with Crippen LogP contribution in [-0.4, -0.2) is 24.4 Å². The van der Waals surface area contributed by atoms with Crippen molar-refractivity contribution in [1.82, 2.24) is 0 Å². The molecule has 2 nitrogen and oxygen atoms in total. The molecule has 3 heteroatoms. The van der Waals surface area contributed by atoms with E-state index < -0.39 is 0 Å². The first-order valence-corrected chi connectivity index (χ1v) is 7.04. The number of halogens is 1. The van der Waals surface area contributed by atoms with Gasteiger partial charge < -0.3 is 9.47 Å². The highest BCUT2D eigenvalue weighted by Crippen LogP contribution is 2.11. The average molecular weight is 314 g/mol. The molecule has 0 amide bonds. The maximum absolute atomic E-state index is 5.52. The van der Waals surface area contributed by atoms with Crippen LogP contribution in [0.5, 0.6) is 0 Å². The Morgan fingerprint density at radius 1 is 1.14 bits per heavy atom. The highest BCUT2D eigenvalue weighted by Gasteiger charge is 2.05. The third-order valence-corrected chi connectivity index (χ3v) is 3.05. The number of unbranched alkanes of at least 4 members (excludes halogenated alkanes) is 3. The van der Waals surface area contributed by atoms with Crippen LogP contribution in [-0.2, 0) is 9.47 Å². The fourth-order valence-electron chi connectivity index (χ4n) is 1.39. The van der Waals surface area contributed by atoms with Gasteiger partial charge in [-0.3, -0.25) is 0 Å². The zero-order valence-electron chi connectivity index (χ0n) is 9.43. The Balaban J connectivity index is 3.24. The molecule has 0 saturated carbocycles. The maximum atomic E-state index is 5.52. The van der Waals surface area contributed by atoms with Crippen molar-refractivity contribution in [3.8, 4) is 0 Å². The standard InChI is InChI=1S/C11H23IO2/c1-3-11(14-10-13-2)8-6-4-5-7-9-12/h11H,3-10H2,1-2H3. The van der Waals surface area contributed by atoms with Crippen molar-refractivity contribution < 1.29 is 9.47 Å². The van der Waals surface area contributed by atoms with E-state index in [4.69, 9.17) is 9.47 Å². The molecule has 1 unspecified atom stereocenters. The average Bonchev–Trinajstić information content (AvgIpc) is 2.22. The van der Waals surface area contributed by atoms with E-state index in [0.717, 1.165) is 6.42 Å². The minimum atomic E-state index is 0.398. The lowest BCUT2D eigenvalue weighted by molar-refractivity contribution is -0.0754. The Morgan fingerprint density at radius 2 is 1.86 bits per heavy atom. The third-order valence-electron chi connectivity index (χ3n) is 2.29. The van der Waals surface area contributed by atoms with E-state index in [1.54, 1.807) is 7.11 Å². The van der Waals surface area contributed by atoms with Gasteiger partial charge in [0.25, 0.3) is 0 Å². The minimum absolute atomic E-state index is 0.398. The molecular formula is C11H23IO2. The molecule has 0 radical (unpaired) electrons. The largest absolute Gasteiger partial charge is 0.359 e. The van der Waals surface area contributed by atoms with Crippen molar-refractivity contribution in [2.45, 2.75) is 51.6 Å². The quantitative estimate of drug-likeness (QED) is 0.264. The molecule has 0 aromatic heterocycles. The normalized spacial score (nSPS) is 13.1. The van der Waals surface area contributed by atoms with E-state index in [1.807, 2.05) is 0 Å². The summed E-state index contributed by atoms with van der Waals surface area (Å²) in [7, 11) is 1.67. The second-order valence-corrected chi connectivity index (χ2v) is 4.57. The lowest BCUT2D eigenvalue weighted by Gasteiger charge is -2.14. The van der Waals surface area contributed by atoms with E-state index in [-0.39, 0.29) is 0 Å². The summed E-state index contributed by atoms with van der Waals surface area (Å²) in [6.45, 7) is 2.61. The van der Waals surface area contributed by atoms with Crippen LogP contribution in [0.2, 0.25) is 0 Å². The Bertz CT molecular complexity index is 109. The summed E-state index contributed by atoms with van der Waals surface area (Å²) in [5.74, 6) is 0. The summed E-state index contributed by atoms with van der Waals surface area (Å²) >= 11 is 2.44. The Hall–Kier alpha value is 0.650. The fourth-order valence-corrected chi connectivity index (χ4v) is 1.93. The molecule has 0 aromatic rings. The minimum Gasteiger partial charge on any atom is -0.359 e. The van der Waals surface area contributed by atoms with E-state index in [1.165, 1.54) is 36.5 Å². The van der Waals surface area contributed by atoms with Gasteiger partial charge in [0.1, 0.15) is 6.79 Å². The van der Waals surface area contributed by atoms with Crippen LogP contribution < -0.4 is 0 Å². The van der Waals surface area contributed by atoms with Gasteiger partial charge in [-0.1, -0.05) is 48.8 Å². The van der Waals surface area contributed by atoms with Gasteiger partial charge in [0.15, 0.2) is 0 Å². The monoisotopic (exact) mass is 314 g/mol. The number of ether oxygens (including phenoxy) is 2. The molecule has 0 spiro atoms. The van der Waals surface area contributed by atoms with Gasteiger partial charge in [-0.05, 0) is 23.7 Å². The van der Waals surface area contributed by atoms with Crippen molar-refractivity contribution in [1.29, 1.82) is 0 Å². The van der Waals surface area contributed by atoms with Gasteiger partial charge >= 0.3 is 0 Å². The molecular weight excluding hydrogens is 291 g/mol. The number of rotatable bonds is 10. The predicted octanol–water partition coefficient (Wildman–Crippen LogP) is 3.77. The highest BCUT2D eigenvalue weighted by molar-refractivity contribution is 14.1. The summed E-state index contributed by atoms with van der Waals surface area (Å²) in [6, 6.07) is 0. The zero-order chi connectivity index (χ0) is 10.6. The van der Waals surface area contributed by atoms with Crippen molar-refractivity contribution in [2.24, 2.45) is 0 Å². The van der Waals surface area contributed by atoms with Crippen LogP contribution >= 0.6 is 22.6 Å². The van der Waals surface area contributed by atoms with Gasteiger partial charge in [-0.15, -0.1) is 0 Å². The van der Waals surface area contributed by atoms with E-state index in [9.17, 15) is 0 Å². The van der Waals surface area contributed by atoms with Gasteiger partial charge in [0, 0.05) is 7.11 Å². The first-order valence-electron chi connectivity index (χ1n) is 5.51. The number of alkyl halides is 1. The smallest absolute Gasteiger partial charge is 0.146 e. The van der Waals surface area contributed by atoms with Crippen LogP contribution in [0, 0.1) is 0 Å². The molecule has 0 bridgehead atoms. The Kier molecular flexibility index (Phi) is 12.3. The third kappa shape index (κ3) is 9.21. The molecule has 14 heavy (non-hydrogen) atoms. The Labute approximate surface area is 102 Å². The number of hydrogen-bond donors (Lipinski definition) is 0. The van der Waals surface area contributed by atoms with E-state index in [0.29, 0.717) is 12.9 Å². The van der Waals surface area contributed by atoms with Crippen LogP contribution in [0.15, 0.2) is 0 Å². The summed E-state index contributed by atoms with van der Waals surface area (Å²) in [6.07, 6.45) is 8.03. The summed E-state index contributed by atoms with van der Waals surface area (Å²) in [5.41, 5.74) is 0. The zero-order valence-corrected chi connectivity index (χ0v) is 11.6. The SMILES string of the molecule is CCC(CCCCCCI)OCOC. The fraction of sp³-hybridized carbons (Fsp3) is 1.00. The van der Waals surface area contributed by atoms with Crippen LogP contribution in [0.25, 0.3) is 0 Å². The lowest BCUT2D eigenvalue weighted by atomic mass is 10.1. The molecule has 0 aromatic carbocycles. The van der Waals surface area contributed by atoms with Crippen molar-refractivity contribution in [2.75, 3.05) is 18.3 Å². The number of methoxy groups -OCH3 is 1. The predicted molar refractivity (Wildman–Crippen MR) is 69.0 cm³/mol. The summed E-state index contributed by atoms with van der Waals surface area (Å²) in [5, 5.41) is 0. The summed E-state index contributed by atoms with van der Waals surface area (Å²) < 4.78 is 11.7. The second kappa shape index (κ2) is 11.7. The van der Waals surface area contributed by atoms with Gasteiger partial charge in [0.05, 0.1) is 6.10 Å². The Morgan fingerprint density at radius 3 is 2.43 bits per heavy atom. The topological polar surface area (TPSA) is 18.5 Å². The molecule has 0 saturated heterocycles. The molecule has 0 N–H and O–H groups in total. The molecule has 0 aliphatic heterocycles. The molecule has 0 aliphatic carbocycles.